The Bertz CT molecular complexity index is 1250. The van der Waals surface area contributed by atoms with E-state index < -0.39 is 22.7 Å². The lowest BCUT2D eigenvalue weighted by molar-refractivity contribution is -0.384. The third kappa shape index (κ3) is 3.58. The molecule has 0 aliphatic carbocycles. The molecule has 2 heterocycles. The summed E-state index contributed by atoms with van der Waals surface area (Å²) in [5.74, 6) is -1.59. The number of aryl methyl sites for hydroxylation is 1. The SMILES string of the molecule is COc1ccc(C(O)=C2C(=O)C(=O)N(c3nnc(C)s3)C2c2ccc([N+](=O)[O-])cc2)cc1. The maximum absolute atomic E-state index is 13.0. The molecule has 4 rings (SSSR count). The number of amides is 1. The van der Waals surface area contributed by atoms with E-state index in [1.165, 1.54) is 31.4 Å². The quantitative estimate of drug-likeness (QED) is 0.205. The van der Waals surface area contributed by atoms with Crippen molar-refractivity contribution in [3.8, 4) is 5.75 Å². The monoisotopic (exact) mass is 452 g/mol. The van der Waals surface area contributed by atoms with Crippen LogP contribution in [0.25, 0.3) is 5.76 Å². The fraction of sp³-hybridized carbons (Fsp3) is 0.143. The number of aliphatic hydroxyl groups excluding tert-OH is 1. The van der Waals surface area contributed by atoms with Crippen LogP contribution in [0.5, 0.6) is 5.75 Å². The van der Waals surface area contributed by atoms with Crippen LogP contribution < -0.4 is 9.64 Å². The molecule has 0 bridgehead atoms. The minimum atomic E-state index is -1.04. The van der Waals surface area contributed by atoms with E-state index in [2.05, 4.69) is 10.2 Å². The van der Waals surface area contributed by atoms with E-state index >= 15 is 0 Å². The van der Waals surface area contributed by atoms with E-state index in [9.17, 15) is 24.8 Å². The standard InChI is InChI=1S/C21H16N4O6S/c1-11-22-23-21(32-11)24-17(12-3-7-14(8-4-12)25(29)30)16(19(27)20(24)28)18(26)13-5-9-15(31-2)10-6-13/h3-10,17,26H,1-2H3. The predicted molar refractivity (Wildman–Crippen MR) is 116 cm³/mol. The average Bonchev–Trinajstić information content (AvgIpc) is 3.34. The first-order valence-corrected chi connectivity index (χ1v) is 10.1. The van der Waals surface area contributed by atoms with E-state index in [0.29, 0.717) is 21.9 Å². The van der Waals surface area contributed by atoms with Crippen molar-refractivity contribution in [2.24, 2.45) is 0 Å². The molecule has 162 valence electrons. The number of non-ortho nitro benzene ring substituents is 1. The number of ether oxygens (including phenoxy) is 1. The van der Waals surface area contributed by atoms with Crippen molar-refractivity contribution in [3.63, 3.8) is 0 Å². The molecule has 1 saturated heterocycles. The maximum Gasteiger partial charge on any atom is 0.301 e. The number of ketones is 1. The smallest absolute Gasteiger partial charge is 0.301 e. The van der Waals surface area contributed by atoms with Crippen molar-refractivity contribution in [2.75, 3.05) is 12.0 Å². The summed E-state index contributed by atoms with van der Waals surface area (Å²) in [5.41, 5.74) is 0.413. The molecule has 10 nitrogen and oxygen atoms in total. The van der Waals surface area contributed by atoms with Gasteiger partial charge in [-0.3, -0.25) is 24.6 Å². The molecule has 1 aromatic heterocycles. The summed E-state index contributed by atoms with van der Waals surface area (Å²) >= 11 is 1.11. The molecule has 2 aromatic carbocycles. The van der Waals surface area contributed by atoms with Gasteiger partial charge in [0.25, 0.3) is 11.5 Å². The zero-order chi connectivity index (χ0) is 23.0. The fourth-order valence-corrected chi connectivity index (χ4v) is 4.13. The van der Waals surface area contributed by atoms with E-state index in [1.807, 2.05) is 0 Å². The third-order valence-electron chi connectivity index (χ3n) is 4.95. The molecular formula is C21H16N4O6S. The van der Waals surface area contributed by atoms with Crippen LogP contribution in [-0.2, 0) is 9.59 Å². The summed E-state index contributed by atoms with van der Waals surface area (Å²) in [6.45, 7) is 1.70. The van der Waals surface area contributed by atoms with Crippen molar-refractivity contribution >= 4 is 39.6 Å². The lowest BCUT2D eigenvalue weighted by Crippen LogP contribution is -2.29. The van der Waals surface area contributed by atoms with Crippen molar-refractivity contribution in [1.82, 2.24) is 10.2 Å². The molecule has 32 heavy (non-hydrogen) atoms. The van der Waals surface area contributed by atoms with Crippen LogP contribution >= 0.6 is 11.3 Å². The number of rotatable bonds is 5. The highest BCUT2D eigenvalue weighted by Crippen LogP contribution is 2.43. The first-order valence-electron chi connectivity index (χ1n) is 9.31. The highest BCUT2D eigenvalue weighted by Gasteiger charge is 2.48. The topological polar surface area (TPSA) is 136 Å². The van der Waals surface area contributed by atoms with Crippen LogP contribution in [0, 0.1) is 17.0 Å². The van der Waals surface area contributed by atoms with Gasteiger partial charge in [0.15, 0.2) is 0 Å². The lowest BCUT2D eigenvalue weighted by atomic mass is 9.95. The number of methoxy groups -OCH3 is 1. The Morgan fingerprint density at radius 2 is 1.78 bits per heavy atom. The Morgan fingerprint density at radius 3 is 2.31 bits per heavy atom. The first-order chi connectivity index (χ1) is 15.3. The zero-order valence-electron chi connectivity index (χ0n) is 16.9. The van der Waals surface area contributed by atoms with E-state index in [0.717, 1.165) is 16.2 Å². The van der Waals surface area contributed by atoms with Gasteiger partial charge in [-0.1, -0.05) is 11.3 Å². The van der Waals surface area contributed by atoms with Crippen molar-refractivity contribution < 1.29 is 24.4 Å². The van der Waals surface area contributed by atoms with Crippen LogP contribution in [0.2, 0.25) is 0 Å². The van der Waals surface area contributed by atoms with Gasteiger partial charge in [0, 0.05) is 17.7 Å². The predicted octanol–water partition coefficient (Wildman–Crippen LogP) is 3.39. The van der Waals surface area contributed by atoms with Crippen LogP contribution in [0.4, 0.5) is 10.8 Å². The first kappa shape index (κ1) is 21.1. The molecule has 0 saturated carbocycles. The fourth-order valence-electron chi connectivity index (χ4n) is 3.41. The number of hydrogen-bond donors (Lipinski definition) is 1. The van der Waals surface area contributed by atoms with Gasteiger partial charge in [-0.15, -0.1) is 10.2 Å². The van der Waals surface area contributed by atoms with Crippen LogP contribution in [0.15, 0.2) is 54.1 Å². The number of nitro benzene ring substituents is 1. The van der Waals surface area contributed by atoms with E-state index in [1.54, 1.807) is 31.2 Å². The summed E-state index contributed by atoms with van der Waals surface area (Å²) < 4.78 is 5.11. The number of aliphatic hydroxyl groups is 1. The van der Waals surface area contributed by atoms with Crippen molar-refractivity contribution in [2.45, 2.75) is 13.0 Å². The Kier molecular flexibility index (Phi) is 5.41. The Balaban J connectivity index is 1.90. The van der Waals surface area contributed by atoms with Gasteiger partial charge in [0.05, 0.1) is 23.6 Å². The van der Waals surface area contributed by atoms with E-state index in [4.69, 9.17) is 4.74 Å². The Labute approximate surface area is 185 Å². The van der Waals surface area contributed by atoms with Gasteiger partial charge in [-0.05, 0) is 48.9 Å². The Morgan fingerprint density at radius 1 is 1.12 bits per heavy atom. The third-order valence-corrected chi connectivity index (χ3v) is 5.79. The summed E-state index contributed by atoms with van der Waals surface area (Å²) in [5, 5.41) is 30.7. The number of nitrogens with zero attached hydrogens (tertiary/aromatic N) is 4. The summed E-state index contributed by atoms with van der Waals surface area (Å²) in [6.07, 6.45) is 0. The normalized spacial score (nSPS) is 17.6. The lowest BCUT2D eigenvalue weighted by Gasteiger charge is -2.22. The van der Waals surface area contributed by atoms with E-state index in [-0.39, 0.29) is 22.2 Å². The molecule has 1 N–H and O–H groups in total. The zero-order valence-corrected chi connectivity index (χ0v) is 17.7. The van der Waals surface area contributed by atoms with Gasteiger partial charge in [0.2, 0.25) is 5.13 Å². The number of Topliss-reactive ketones (excluding diaryl/α,β-unsaturated/α-hetero) is 1. The number of aromatic nitrogens is 2. The van der Waals surface area contributed by atoms with Crippen LogP contribution in [0.1, 0.15) is 22.2 Å². The molecule has 1 amide bonds. The molecule has 1 aliphatic heterocycles. The number of benzene rings is 2. The molecule has 1 unspecified atom stereocenters. The molecule has 1 fully saturated rings. The number of nitro groups is 1. The van der Waals surface area contributed by atoms with Crippen molar-refractivity contribution in [3.05, 3.63) is 80.4 Å². The van der Waals surface area contributed by atoms with Gasteiger partial charge in [0.1, 0.15) is 16.5 Å². The highest BCUT2D eigenvalue weighted by atomic mass is 32.1. The molecule has 0 radical (unpaired) electrons. The summed E-state index contributed by atoms with van der Waals surface area (Å²) in [6, 6.07) is 10.7. The molecule has 1 atom stereocenters. The number of carbonyl (C=O) groups excluding carboxylic acids is 2. The van der Waals surface area contributed by atoms with Gasteiger partial charge >= 0.3 is 5.91 Å². The second-order valence-electron chi connectivity index (χ2n) is 6.85. The average molecular weight is 452 g/mol. The summed E-state index contributed by atoms with van der Waals surface area (Å²) in [7, 11) is 1.50. The van der Waals surface area contributed by atoms with Gasteiger partial charge in [-0.25, -0.2) is 0 Å². The Hall–Kier alpha value is -4.12. The molecule has 3 aromatic rings. The molecule has 1 aliphatic rings. The highest BCUT2D eigenvalue weighted by molar-refractivity contribution is 7.15. The van der Waals surface area contributed by atoms with Crippen molar-refractivity contribution in [1.29, 1.82) is 0 Å². The maximum atomic E-state index is 13.0. The second kappa shape index (κ2) is 8.19. The number of hydrogen-bond acceptors (Lipinski definition) is 9. The molecule has 11 heteroatoms. The molecule has 0 spiro atoms. The minimum absolute atomic E-state index is 0.146. The number of carbonyl (C=O) groups is 2. The summed E-state index contributed by atoms with van der Waals surface area (Å²) in [4.78, 5) is 37.6. The van der Waals surface area contributed by atoms with Gasteiger partial charge in [-0.2, -0.15) is 0 Å². The minimum Gasteiger partial charge on any atom is -0.507 e. The van der Waals surface area contributed by atoms with Gasteiger partial charge < -0.3 is 9.84 Å². The number of anilines is 1. The molecular weight excluding hydrogens is 436 g/mol. The van der Waals surface area contributed by atoms with Crippen LogP contribution in [0.3, 0.4) is 0 Å². The largest absolute Gasteiger partial charge is 0.507 e. The second-order valence-corrected chi connectivity index (χ2v) is 8.01. The van der Waals surface area contributed by atoms with Crippen LogP contribution in [-0.4, -0.2) is 39.0 Å².